The van der Waals surface area contributed by atoms with Gasteiger partial charge in [0, 0.05) is 0 Å². The minimum absolute atomic E-state index is 0.312. The zero-order chi connectivity index (χ0) is 12.0. The van der Waals surface area contributed by atoms with Crippen LogP contribution in [0.1, 0.15) is 38.4 Å². The third-order valence-corrected chi connectivity index (χ3v) is 2.57. The molecule has 0 aliphatic heterocycles. The Morgan fingerprint density at radius 2 is 1.69 bits per heavy atom. The van der Waals surface area contributed by atoms with E-state index >= 15 is 0 Å². The highest BCUT2D eigenvalue weighted by Crippen LogP contribution is 2.19. The third-order valence-electron chi connectivity index (χ3n) is 2.57. The van der Waals surface area contributed by atoms with Crippen molar-refractivity contribution in [2.24, 2.45) is 0 Å². The number of benzene rings is 1. The van der Waals surface area contributed by atoms with E-state index in [1.165, 1.54) is 0 Å². The van der Waals surface area contributed by atoms with Gasteiger partial charge < -0.3 is 14.9 Å². The molecule has 0 amide bonds. The normalized spacial score (nSPS) is 14.5. The second kappa shape index (κ2) is 6.51. The van der Waals surface area contributed by atoms with Gasteiger partial charge in [-0.1, -0.05) is 26.0 Å². The summed E-state index contributed by atoms with van der Waals surface area (Å²) in [6.07, 6.45) is 0.567. The van der Waals surface area contributed by atoms with E-state index in [-0.39, 0.29) is 0 Å². The molecule has 0 aliphatic rings. The molecule has 0 aliphatic carbocycles. The van der Waals surface area contributed by atoms with E-state index in [0.717, 1.165) is 11.3 Å². The Morgan fingerprint density at radius 3 is 2.19 bits per heavy atom. The highest BCUT2D eigenvalue weighted by atomic mass is 16.5. The van der Waals surface area contributed by atoms with Gasteiger partial charge in [0.15, 0.2) is 0 Å². The zero-order valence-corrected chi connectivity index (χ0v) is 9.89. The van der Waals surface area contributed by atoms with Crippen molar-refractivity contribution in [1.29, 1.82) is 0 Å². The molecule has 0 saturated carbocycles. The van der Waals surface area contributed by atoms with Gasteiger partial charge in [-0.15, -0.1) is 0 Å². The lowest BCUT2D eigenvalue weighted by molar-refractivity contribution is 0.104. The predicted molar refractivity (Wildman–Crippen MR) is 63.5 cm³/mol. The predicted octanol–water partition coefficient (Wildman–Crippen LogP) is 2.28. The Hall–Kier alpha value is -1.06. The molecule has 0 heterocycles. The van der Waals surface area contributed by atoms with Crippen molar-refractivity contribution in [1.82, 2.24) is 0 Å². The van der Waals surface area contributed by atoms with Crippen molar-refractivity contribution in [2.45, 2.75) is 38.9 Å². The highest BCUT2D eigenvalue weighted by Gasteiger charge is 2.05. The molecule has 3 nitrogen and oxygen atoms in total. The van der Waals surface area contributed by atoms with Crippen molar-refractivity contribution in [3.63, 3.8) is 0 Å². The number of rotatable bonds is 6. The molecule has 2 N–H and O–H groups in total. The van der Waals surface area contributed by atoms with Crippen LogP contribution >= 0.6 is 0 Å². The lowest BCUT2D eigenvalue weighted by Crippen LogP contribution is -2.15. The molecule has 0 spiro atoms. The Balaban J connectivity index is 2.51. The van der Waals surface area contributed by atoms with Gasteiger partial charge in [0.1, 0.15) is 12.4 Å². The van der Waals surface area contributed by atoms with E-state index in [0.29, 0.717) is 19.4 Å². The molecule has 1 aromatic rings. The lowest BCUT2D eigenvalue weighted by atomic mass is 10.1. The highest BCUT2D eigenvalue weighted by molar-refractivity contribution is 5.28. The lowest BCUT2D eigenvalue weighted by Gasteiger charge is -2.12. The average Bonchev–Trinajstić information content (AvgIpc) is 2.35. The van der Waals surface area contributed by atoms with E-state index in [4.69, 9.17) is 4.74 Å². The molecule has 0 saturated heterocycles. The summed E-state index contributed by atoms with van der Waals surface area (Å²) in [5.74, 6) is 0.722. The molecular formula is C13H20O3. The molecule has 0 fully saturated rings. The molecule has 1 unspecified atom stereocenters. The SMILES string of the molecule is CCC(O)COc1ccc([C@H](O)CC)cc1. The maximum Gasteiger partial charge on any atom is 0.119 e. The van der Waals surface area contributed by atoms with Crippen molar-refractivity contribution in [3.05, 3.63) is 29.8 Å². The summed E-state index contributed by atoms with van der Waals surface area (Å²) in [7, 11) is 0. The molecule has 0 radical (unpaired) electrons. The topological polar surface area (TPSA) is 49.7 Å². The molecule has 1 aromatic carbocycles. The number of hydrogen-bond acceptors (Lipinski definition) is 3. The maximum atomic E-state index is 9.60. The summed E-state index contributed by atoms with van der Waals surface area (Å²) in [4.78, 5) is 0. The Labute approximate surface area is 96.7 Å². The Morgan fingerprint density at radius 1 is 1.06 bits per heavy atom. The van der Waals surface area contributed by atoms with Crippen LogP contribution in [0.3, 0.4) is 0 Å². The minimum Gasteiger partial charge on any atom is -0.491 e. The molecule has 3 heteroatoms. The number of aliphatic hydroxyl groups excluding tert-OH is 2. The van der Waals surface area contributed by atoms with Crippen molar-refractivity contribution < 1.29 is 14.9 Å². The first-order chi connectivity index (χ1) is 7.67. The number of aliphatic hydroxyl groups is 2. The fourth-order valence-corrected chi connectivity index (χ4v) is 1.33. The van der Waals surface area contributed by atoms with E-state index < -0.39 is 12.2 Å². The van der Waals surface area contributed by atoms with Crippen LogP contribution in [0.5, 0.6) is 5.75 Å². The van der Waals surface area contributed by atoms with Crippen LogP contribution in [0.2, 0.25) is 0 Å². The van der Waals surface area contributed by atoms with Gasteiger partial charge in [-0.25, -0.2) is 0 Å². The zero-order valence-electron chi connectivity index (χ0n) is 9.89. The molecule has 0 bridgehead atoms. The van der Waals surface area contributed by atoms with E-state index in [1.54, 1.807) is 0 Å². The first-order valence-corrected chi connectivity index (χ1v) is 5.76. The van der Waals surface area contributed by atoms with Crippen molar-refractivity contribution >= 4 is 0 Å². The summed E-state index contributed by atoms with van der Waals surface area (Å²) in [5, 5.41) is 18.9. The fraction of sp³-hybridized carbons (Fsp3) is 0.538. The van der Waals surface area contributed by atoms with Crippen molar-refractivity contribution in [2.75, 3.05) is 6.61 Å². The third kappa shape index (κ3) is 3.83. The summed E-state index contributed by atoms with van der Waals surface area (Å²) in [6, 6.07) is 7.33. The summed E-state index contributed by atoms with van der Waals surface area (Å²) in [6.45, 7) is 4.16. The first kappa shape index (κ1) is 13.0. The quantitative estimate of drug-likeness (QED) is 0.779. The van der Waals surface area contributed by atoms with Crippen LogP contribution in [0.25, 0.3) is 0 Å². The van der Waals surface area contributed by atoms with E-state index in [2.05, 4.69) is 0 Å². The smallest absolute Gasteiger partial charge is 0.119 e. The second-order valence-corrected chi connectivity index (χ2v) is 3.87. The van der Waals surface area contributed by atoms with Gasteiger partial charge >= 0.3 is 0 Å². The number of hydrogen-bond donors (Lipinski definition) is 2. The maximum absolute atomic E-state index is 9.60. The van der Waals surface area contributed by atoms with Crippen LogP contribution < -0.4 is 4.74 Å². The summed E-state index contributed by atoms with van der Waals surface area (Å²) in [5.41, 5.74) is 0.894. The molecule has 1 rings (SSSR count). The molecular weight excluding hydrogens is 204 g/mol. The van der Waals surface area contributed by atoms with Crippen LogP contribution in [-0.4, -0.2) is 22.9 Å². The van der Waals surface area contributed by atoms with E-state index in [1.807, 2.05) is 38.1 Å². The van der Waals surface area contributed by atoms with Gasteiger partial charge in [-0.3, -0.25) is 0 Å². The Bertz CT molecular complexity index is 295. The molecule has 90 valence electrons. The van der Waals surface area contributed by atoms with Crippen LogP contribution in [0.15, 0.2) is 24.3 Å². The summed E-state index contributed by atoms with van der Waals surface area (Å²) < 4.78 is 5.40. The molecule has 16 heavy (non-hydrogen) atoms. The Kier molecular flexibility index (Phi) is 5.29. The monoisotopic (exact) mass is 224 g/mol. The molecule has 2 atom stereocenters. The minimum atomic E-state index is -0.416. The standard InChI is InChI=1S/C13H20O3/c1-3-11(14)9-16-12-7-5-10(6-8-12)13(15)4-2/h5-8,11,13-15H,3-4,9H2,1-2H3/t11?,13-/m1/s1. The summed E-state index contributed by atoms with van der Waals surface area (Å²) >= 11 is 0. The van der Waals surface area contributed by atoms with E-state index in [9.17, 15) is 10.2 Å². The largest absolute Gasteiger partial charge is 0.491 e. The van der Waals surface area contributed by atoms with Gasteiger partial charge in [0.05, 0.1) is 12.2 Å². The van der Waals surface area contributed by atoms with Crippen LogP contribution in [0.4, 0.5) is 0 Å². The number of ether oxygens (including phenoxy) is 1. The average molecular weight is 224 g/mol. The van der Waals surface area contributed by atoms with Gasteiger partial charge in [0.25, 0.3) is 0 Å². The molecule has 0 aromatic heterocycles. The first-order valence-electron chi connectivity index (χ1n) is 5.76. The fourth-order valence-electron chi connectivity index (χ4n) is 1.33. The van der Waals surface area contributed by atoms with Gasteiger partial charge in [0.2, 0.25) is 0 Å². The van der Waals surface area contributed by atoms with Crippen LogP contribution in [-0.2, 0) is 0 Å². The second-order valence-electron chi connectivity index (χ2n) is 3.87. The van der Waals surface area contributed by atoms with Crippen molar-refractivity contribution in [3.8, 4) is 5.75 Å². The van der Waals surface area contributed by atoms with Crippen LogP contribution in [0, 0.1) is 0 Å². The van der Waals surface area contributed by atoms with Gasteiger partial charge in [-0.2, -0.15) is 0 Å². The van der Waals surface area contributed by atoms with Gasteiger partial charge in [-0.05, 0) is 30.5 Å².